The molecule has 2 aromatic rings. The van der Waals surface area contributed by atoms with Crippen molar-refractivity contribution in [1.82, 2.24) is 10.0 Å². The van der Waals surface area contributed by atoms with Crippen molar-refractivity contribution in [2.45, 2.75) is 61.9 Å². The summed E-state index contributed by atoms with van der Waals surface area (Å²) in [6, 6.07) is 14.5. The molecule has 28 heavy (non-hydrogen) atoms. The molecule has 1 saturated carbocycles. The summed E-state index contributed by atoms with van der Waals surface area (Å²) in [5.41, 5.74) is 3.01. The van der Waals surface area contributed by atoms with Crippen LogP contribution in [-0.2, 0) is 15.4 Å². The highest BCUT2D eigenvalue weighted by atomic mass is 32.2. The van der Waals surface area contributed by atoms with Crippen LogP contribution in [0.3, 0.4) is 0 Å². The normalized spacial score (nSPS) is 21.0. The Kier molecular flexibility index (Phi) is 4.79. The van der Waals surface area contributed by atoms with Crippen LogP contribution in [0.25, 0.3) is 0 Å². The molecule has 6 heteroatoms. The van der Waals surface area contributed by atoms with Crippen LogP contribution >= 0.6 is 0 Å². The van der Waals surface area contributed by atoms with Gasteiger partial charge in [-0.3, -0.25) is 4.79 Å². The molecule has 0 saturated heterocycles. The predicted octanol–water partition coefficient (Wildman–Crippen LogP) is 3.67. The second-order valence-corrected chi connectivity index (χ2v) is 10.2. The third-order valence-corrected chi connectivity index (χ3v) is 7.29. The second kappa shape index (κ2) is 7.01. The number of hydrogen-bond acceptors (Lipinski definition) is 3. The highest BCUT2D eigenvalue weighted by Gasteiger charge is 2.33. The Morgan fingerprint density at radius 2 is 1.68 bits per heavy atom. The lowest BCUT2D eigenvalue weighted by Crippen LogP contribution is -2.35. The van der Waals surface area contributed by atoms with E-state index in [1.165, 1.54) is 23.3 Å². The largest absolute Gasteiger partial charge is 0.345 e. The second-order valence-electron chi connectivity index (χ2n) is 8.46. The number of amides is 1. The van der Waals surface area contributed by atoms with E-state index < -0.39 is 10.0 Å². The highest BCUT2D eigenvalue weighted by Crippen LogP contribution is 2.41. The molecule has 0 aromatic heterocycles. The number of carbonyl (C=O) groups excluding carboxylic acids is 1. The predicted molar refractivity (Wildman–Crippen MR) is 109 cm³/mol. The molecular formula is C22H26N2O3S. The Labute approximate surface area is 166 Å². The summed E-state index contributed by atoms with van der Waals surface area (Å²) in [7, 11) is -3.50. The summed E-state index contributed by atoms with van der Waals surface area (Å²) < 4.78 is 27.2. The van der Waals surface area contributed by atoms with E-state index in [1.54, 1.807) is 12.1 Å². The molecule has 2 N–H and O–H groups in total. The SMILES string of the molecule is CC1(C)CCC(NC(=O)c2ccc(S(=O)(=O)NC3CC3)cc2)c2ccccc21. The van der Waals surface area contributed by atoms with Gasteiger partial charge < -0.3 is 5.32 Å². The smallest absolute Gasteiger partial charge is 0.251 e. The maximum atomic E-state index is 12.8. The van der Waals surface area contributed by atoms with Crippen LogP contribution in [0.15, 0.2) is 53.4 Å². The zero-order chi connectivity index (χ0) is 19.9. The molecule has 0 radical (unpaired) electrons. The molecular weight excluding hydrogens is 372 g/mol. The number of sulfonamides is 1. The molecule has 0 heterocycles. The lowest BCUT2D eigenvalue weighted by atomic mass is 9.71. The standard InChI is InChI=1S/C22H26N2O3S/c1-22(2)14-13-20(18-5-3-4-6-19(18)22)23-21(25)15-7-11-17(12-8-15)28(26,27)24-16-9-10-16/h3-8,11-12,16,20,24H,9-10,13-14H2,1-2H3,(H,23,25). The van der Waals surface area contributed by atoms with Gasteiger partial charge in [0.2, 0.25) is 10.0 Å². The molecule has 148 valence electrons. The quantitative estimate of drug-likeness (QED) is 0.807. The third-order valence-electron chi connectivity index (χ3n) is 5.75. The highest BCUT2D eigenvalue weighted by molar-refractivity contribution is 7.89. The molecule has 1 atom stereocenters. The summed E-state index contributed by atoms with van der Waals surface area (Å²) in [6.45, 7) is 4.47. The minimum Gasteiger partial charge on any atom is -0.345 e. The first kappa shape index (κ1) is 19.2. The molecule has 0 aliphatic heterocycles. The molecule has 0 bridgehead atoms. The molecule has 0 spiro atoms. The zero-order valence-electron chi connectivity index (χ0n) is 16.2. The fourth-order valence-electron chi connectivity index (χ4n) is 3.88. The molecule has 2 aliphatic carbocycles. The Morgan fingerprint density at radius 1 is 1.00 bits per heavy atom. The number of benzene rings is 2. The van der Waals surface area contributed by atoms with E-state index in [4.69, 9.17) is 0 Å². The van der Waals surface area contributed by atoms with Gasteiger partial charge in [-0.1, -0.05) is 38.1 Å². The van der Waals surface area contributed by atoms with Crippen LogP contribution in [0.4, 0.5) is 0 Å². The van der Waals surface area contributed by atoms with Crippen LogP contribution in [0, 0.1) is 0 Å². The van der Waals surface area contributed by atoms with E-state index in [-0.39, 0.29) is 28.3 Å². The number of nitrogens with one attached hydrogen (secondary N) is 2. The van der Waals surface area contributed by atoms with Gasteiger partial charge in [0, 0.05) is 11.6 Å². The Balaban J connectivity index is 1.50. The van der Waals surface area contributed by atoms with E-state index in [2.05, 4.69) is 36.0 Å². The number of rotatable bonds is 5. The maximum Gasteiger partial charge on any atom is 0.251 e. The van der Waals surface area contributed by atoms with Gasteiger partial charge in [0.1, 0.15) is 0 Å². The van der Waals surface area contributed by atoms with Crippen molar-refractivity contribution in [1.29, 1.82) is 0 Å². The van der Waals surface area contributed by atoms with Crippen molar-refractivity contribution in [2.75, 3.05) is 0 Å². The minimum absolute atomic E-state index is 0.0309. The van der Waals surface area contributed by atoms with Gasteiger partial charge >= 0.3 is 0 Å². The maximum absolute atomic E-state index is 12.8. The minimum atomic E-state index is -3.50. The van der Waals surface area contributed by atoms with E-state index in [0.717, 1.165) is 25.7 Å². The Hall–Kier alpha value is -2.18. The number of hydrogen-bond donors (Lipinski definition) is 2. The van der Waals surface area contributed by atoms with Crippen molar-refractivity contribution < 1.29 is 13.2 Å². The summed E-state index contributed by atoms with van der Waals surface area (Å²) in [5.74, 6) is -0.182. The number of fused-ring (bicyclic) bond motifs is 1. The van der Waals surface area contributed by atoms with Crippen molar-refractivity contribution >= 4 is 15.9 Å². The fraction of sp³-hybridized carbons (Fsp3) is 0.409. The topological polar surface area (TPSA) is 75.3 Å². The molecule has 1 fully saturated rings. The van der Waals surface area contributed by atoms with E-state index in [0.29, 0.717) is 5.56 Å². The molecule has 2 aromatic carbocycles. The molecule has 4 rings (SSSR count). The van der Waals surface area contributed by atoms with E-state index in [9.17, 15) is 13.2 Å². The van der Waals surface area contributed by atoms with E-state index >= 15 is 0 Å². The first-order valence-corrected chi connectivity index (χ1v) is 11.3. The van der Waals surface area contributed by atoms with Crippen molar-refractivity contribution in [3.05, 3.63) is 65.2 Å². The summed E-state index contributed by atoms with van der Waals surface area (Å²) in [4.78, 5) is 13.0. The average molecular weight is 399 g/mol. The Morgan fingerprint density at radius 3 is 2.36 bits per heavy atom. The van der Waals surface area contributed by atoms with Crippen molar-refractivity contribution in [2.24, 2.45) is 0 Å². The van der Waals surface area contributed by atoms with Gasteiger partial charge in [0.05, 0.1) is 10.9 Å². The van der Waals surface area contributed by atoms with Gasteiger partial charge in [0.15, 0.2) is 0 Å². The van der Waals surface area contributed by atoms with Crippen LogP contribution in [0.2, 0.25) is 0 Å². The number of carbonyl (C=O) groups is 1. The summed E-state index contributed by atoms with van der Waals surface area (Å²) in [6.07, 6.45) is 3.66. The van der Waals surface area contributed by atoms with Crippen molar-refractivity contribution in [3.8, 4) is 0 Å². The zero-order valence-corrected chi connectivity index (χ0v) is 17.1. The van der Waals surface area contributed by atoms with Crippen LogP contribution in [0.1, 0.15) is 67.1 Å². The first-order valence-electron chi connectivity index (χ1n) is 9.79. The van der Waals surface area contributed by atoms with Gasteiger partial charge in [0.25, 0.3) is 5.91 Å². The van der Waals surface area contributed by atoms with Crippen LogP contribution < -0.4 is 10.0 Å². The van der Waals surface area contributed by atoms with Crippen LogP contribution in [-0.4, -0.2) is 20.4 Å². The van der Waals surface area contributed by atoms with Gasteiger partial charge in [-0.2, -0.15) is 0 Å². The van der Waals surface area contributed by atoms with Crippen molar-refractivity contribution in [3.63, 3.8) is 0 Å². The lowest BCUT2D eigenvalue weighted by molar-refractivity contribution is 0.0929. The fourth-order valence-corrected chi connectivity index (χ4v) is 5.18. The molecule has 2 aliphatic rings. The third kappa shape index (κ3) is 3.84. The van der Waals surface area contributed by atoms with Gasteiger partial charge in [-0.05, 0) is 66.5 Å². The summed E-state index contributed by atoms with van der Waals surface area (Å²) >= 11 is 0. The van der Waals surface area contributed by atoms with Gasteiger partial charge in [-0.15, -0.1) is 0 Å². The molecule has 5 nitrogen and oxygen atoms in total. The average Bonchev–Trinajstić information content (AvgIpc) is 3.48. The van der Waals surface area contributed by atoms with E-state index in [1.807, 2.05) is 12.1 Å². The lowest BCUT2D eigenvalue weighted by Gasteiger charge is -2.37. The summed E-state index contributed by atoms with van der Waals surface area (Å²) in [5, 5.41) is 3.13. The molecule has 1 unspecified atom stereocenters. The Bertz CT molecular complexity index is 993. The first-order chi connectivity index (χ1) is 13.3. The molecule has 1 amide bonds. The van der Waals surface area contributed by atoms with Crippen LogP contribution in [0.5, 0.6) is 0 Å². The van der Waals surface area contributed by atoms with Gasteiger partial charge in [-0.25, -0.2) is 13.1 Å². The monoisotopic (exact) mass is 398 g/mol.